The summed E-state index contributed by atoms with van der Waals surface area (Å²) in [4.78, 5) is 23.7. The third kappa shape index (κ3) is 5.76. The van der Waals surface area contributed by atoms with E-state index in [4.69, 9.17) is 4.74 Å². The number of benzene rings is 2. The van der Waals surface area contributed by atoms with Crippen LogP contribution in [-0.2, 0) is 9.59 Å². The number of carbonyl (C=O) groups excluding carboxylic acids is 2. The summed E-state index contributed by atoms with van der Waals surface area (Å²) < 4.78 is 5.38. The Balaban J connectivity index is 1.86. The van der Waals surface area contributed by atoms with Gasteiger partial charge in [-0.1, -0.05) is 42.5 Å². The van der Waals surface area contributed by atoms with Gasteiger partial charge in [0.2, 0.25) is 0 Å². The first-order valence-corrected chi connectivity index (χ1v) is 8.02. The van der Waals surface area contributed by atoms with Crippen LogP contribution in [0.3, 0.4) is 0 Å². The molecule has 25 heavy (non-hydrogen) atoms. The highest BCUT2D eigenvalue weighted by Gasteiger charge is 2.16. The summed E-state index contributed by atoms with van der Waals surface area (Å²) in [5.41, 5.74) is 3.89. The Morgan fingerprint density at radius 2 is 1.88 bits per heavy atom. The van der Waals surface area contributed by atoms with Gasteiger partial charge in [0.1, 0.15) is 5.75 Å². The molecule has 0 aliphatic rings. The fraction of sp³-hybridized carbons (Fsp3) is 0.211. The molecule has 1 atom stereocenters. The molecule has 130 valence electrons. The minimum atomic E-state index is -0.819. The fourth-order valence-corrected chi connectivity index (χ4v) is 2.15. The van der Waals surface area contributed by atoms with Crippen molar-refractivity contribution in [2.24, 2.45) is 5.10 Å². The number of carbonyl (C=O) groups is 2. The number of nitrogens with zero attached hydrogens (tertiary/aromatic N) is 1. The number of hydrogen-bond acceptors (Lipinski definition) is 4. The zero-order valence-corrected chi connectivity index (χ0v) is 14.2. The molecule has 2 aromatic rings. The number of amides is 2. The first-order valence-electron chi connectivity index (χ1n) is 8.02. The van der Waals surface area contributed by atoms with E-state index in [2.05, 4.69) is 15.8 Å². The van der Waals surface area contributed by atoms with Crippen molar-refractivity contribution in [1.29, 1.82) is 0 Å². The van der Waals surface area contributed by atoms with Crippen LogP contribution in [0.5, 0.6) is 5.75 Å². The molecule has 0 aromatic heterocycles. The number of nitrogens with one attached hydrogen (secondary N) is 2. The molecule has 0 bridgehead atoms. The van der Waals surface area contributed by atoms with E-state index < -0.39 is 11.8 Å². The van der Waals surface area contributed by atoms with Crippen LogP contribution < -0.4 is 15.5 Å². The summed E-state index contributed by atoms with van der Waals surface area (Å²) in [5.74, 6) is -0.844. The summed E-state index contributed by atoms with van der Waals surface area (Å²) in [6.45, 7) is 4.27. The molecule has 6 heteroatoms. The van der Waals surface area contributed by atoms with Gasteiger partial charge >= 0.3 is 11.8 Å². The Bertz CT molecular complexity index is 745. The molecule has 6 nitrogen and oxygen atoms in total. The van der Waals surface area contributed by atoms with Gasteiger partial charge in [-0.2, -0.15) is 5.10 Å². The second-order valence-electron chi connectivity index (χ2n) is 5.31. The Morgan fingerprint density at radius 3 is 2.60 bits per heavy atom. The van der Waals surface area contributed by atoms with E-state index in [1.165, 1.54) is 6.21 Å². The lowest BCUT2D eigenvalue weighted by atomic mass is 10.1. The van der Waals surface area contributed by atoms with E-state index >= 15 is 0 Å². The van der Waals surface area contributed by atoms with Crippen LogP contribution in [0.25, 0.3) is 0 Å². The molecule has 0 saturated heterocycles. The van der Waals surface area contributed by atoms with Gasteiger partial charge in [-0.3, -0.25) is 9.59 Å². The van der Waals surface area contributed by atoms with E-state index in [1.54, 1.807) is 6.07 Å². The lowest BCUT2D eigenvalue weighted by molar-refractivity contribution is -0.139. The first kappa shape index (κ1) is 18.2. The topological polar surface area (TPSA) is 79.8 Å². The zero-order chi connectivity index (χ0) is 18.1. The number of ether oxygens (including phenoxy) is 1. The van der Waals surface area contributed by atoms with Crippen molar-refractivity contribution in [3.63, 3.8) is 0 Å². The van der Waals surface area contributed by atoms with Gasteiger partial charge in [0.05, 0.1) is 18.9 Å². The Labute approximate surface area is 146 Å². The van der Waals surface area contributed by atoms with Crippen LogP contribution in [0.4, 0.5) is 0 Å². The van der Waals surface area contributed by atoms with Crippen molar-refractivity contribution in [2.45, 2.75) is 19.9 Å². The number of hydrazone groups is 1. The first-order chi connectivity index (χ1) is 12.1. The predicted octanol–water partition coefficient (Wildman–Crippen LogP) is 2.41. The Kier molecular flexibility index (Phi) is 6.71. The average Bonchev–Trinajstić information content (AvgIpc) is 2.63. The largest absolute Gasteiger partial charge is 0.494 e. The van der Waals surface area contributed by atoms with Crippen molar-refractivity contribution < 1.29 is 14.3 Å². The lowest BCUT2D eigenvalue weighted by Gasteiger charge is -2.13. The van der Waals surface area contributed by atoms with Crippen molar-refractivity contribution in [3.8, 4) is 5.75 Å². The molecular weight excluding hydrogens is 318 g/mol. The highest BCUT2D eigenvalue weighted by Crippen LogP contribution is 2.12. The van der Waals surface area contributed by atoms with Crippen molar-refractivity contribution in [3.05, 3.63) is 65.7 Å². The summed E-state index contributed by atoms with van der Waals surface area (Å²) >= 11 is 0. The fourth-order valence-electron chi connectivity index (χ4n) is 2.15. The van der Waals surface area contributed by atoms with Crippen LogP contribution in [0.1, 0.15) is 31.0 Å². The summed E-state index contributed by atoms with van der Waals surface area (Å²) in [5, 5.41) is 6.43. The molecule has 0 fully saturated rings. The van der Waals surface area contributed by atoms with E-state index in [-0.39, 0.29) is 6.04 Å². The highest BCUT2D eigenvalue weighted by atomic mass is 16.5. The van der Waals surface area contributed by atoms with Crippen LogP contribution in [-0.4, -0.2) is 24.6 Å². The van der Waals surface area contributed by atoms with Gasteiger partial charge in [0.15, 0.2) is 0 Å². The Hall–Kier alpha value is -3.15. The smallest absolute Gasteiger partial charge is 0.329 e. The van der Waals surface area contributed by atoms with Crippen LogP contribution in [0, 0.1) is 0 Å². The van der Waals surface area contributed by atoms with Gasteiger partial charge in [0.25, 0.3) is 0 Å². The quantitative estimate of drug-likeness (QED) is 0.482. The second-order valence-corrected chi connectivity index (χ2v) is 5.31. The summed E-state index contributed by atoms with van der Waals surface area (Å²) in [6, 6.07) is 16.4. The van der Waals surface area contributed by atoms with Crippen molar-refractivity contribution >= 4 is 18.0 Å². The van der Waals surface area contributed by atoms with Crippen molar-refractivity contribution in [1.82, 2.24) is 10.7 Å². The third-order valence-corrected chi connectivity index (χ3v) is 3.40. The van der Waals surface area contributed by atoms with Gasteiger partial charge in [-0.15, -0.1) is 0 Å². The second kappa shape index (κ2) is 9.22. The molecule has 2 aromatic carbocycles. The maximum absolute atomic E-state index is 11.9. The zero-order valence-electron chi connectivity index (χ0n) is 14.2. The summed E-state index contributed by atoms with van der Waals surface area (Å²) in [7, 11) is 0. The molecule has 0 radical (unpaired) electrons. The molecule has 0 heterocycles. The van der Waals surface area contributed by atoms with E-state index in [9.17, 15) is 9.59 Å². The molecule has 2 amide bonds. The highest BCUT2D eigenvalue weighted by molar-refractivity contribution is 6.35. The molecule has 0 spiro atoms. The molecule has 0 aliphatic carbocycles. The van der Waals surface area contributed by atoms with E-state index in [0.717, 1.165) is 11.1 Å². The number of hydrogen-bond donors (Lipinski definition) is 2. The molecule has 2 rings (SSSR count). The van der Waals surface area contributed by atoms with Crippen LogP contribution in [0.15, 0.2) is 59.7 Å². The van der Waals surface area contributed by atoms with Crippen molar-refractivity contribution in [2.75, 3.05) is 6.61 Å². The molecule has 2 N–H and O–H groups in total. The van der Waals surface area contributed by atoms with Crippen LogP contribution in [0.2, 0.25) is 0 Å². The Morgan fingerprint density at radius 1 is 1.12 bits per heavy atom. The monoisotopic (exact) mass is 339 g/mol. The minimum absolute atomic E-state index is 0.272. The van der Waals surface area contributed by atoms with Gasteiger partial charge < -0.3 is 10.1 Å². The van der Waals surface area contributed by atoms with E-state index in [1.807, 2.05) is 62.4 Å². The standard InChI is InChI=1S/C19H21N3O3/c1-3-25-17-11-7-8-15(12-17)13-20-22-19(24)18(23)21-14(2)16-9-5-4-6-10-16/h4-14H,3H2,1-2H3,(H,21,23)(H,22,24)/b20-13-/t14-/m0/s1. The maximum atomic E-state index is 11.9. The normalized spacial score (nSPS) is 11.8. The maximum Gasteiger partial charge on any atom is 0.329 e. The third-order valence-electron chi connectivity index (χ3n) is 3.40. The van der Waals surface area contributed by atoms with E-state index in [0.29, 0.717) is 12.4 Å². The van der Waals surface area contributed by atoms with Gasteiger partial charge in [-0.05, 0) is 37.1 Å². The van der Waals surface area contributed by atoms with Gasteiger partial charge in [-0.25, -0.2) is 5.43 Å². The van der Waals surface area contributed by atoms with Crippen LogP contribution >= 0.6 is 0 Å². The average molecular weight is 339 g/mol. The predicted molar refractivity (Wildman–Crippen MR) is 96.3 cm³/mol. The molecular formula is C19H21N3O3. The molecule has 0 unspecified atom stereocenters. The van der Waals surface area contributed by atoms with Gasteiger partial charge in [0, 0.05) is 0 Å². The SMILES string of the molecule is CCOc1cccc(/C=N\NC(=O)C(=O)N[C@@H](C)c2ccccc2)c1. The number of rotatable bonds is 6. The summed E-state index contributed by atoms with van der Waals surface area (Å²) in [6.07, 6.45) is 1.45. The molecule has 0 saturated carbocycles. The molecule has 0 aliphatic heterocycles. The lowest BCUT2D eigenvalue weighted by Crippen LogP contribution is -2.39. The minimum Gasteiger partial charge on any atom is -0.494 e.